The molecule has 3 aromatic rings. The van der Waals surface area contributed by atoms with Crippen molar-refractivity contribution in [2.24, 2.45) is 0 Å². The first kappa shape index (κ1) is 31.2. The van der Waals surface area contributed by atoms with Crippen molar-refractivity contribution in [1.29, 1.82) is 0 Å². The molecule has 0 aromatic heterocycles. The lowest BCUT2D eigenvalue weighted by Crippen LogP contribution is -2.54. The molecule has 2 amide bonds. The van der Waals surface area contributed by atoms with Gasteiger partial charge in [0.1, 0.15) is 12.6 Å². The fraction of sp³-hybridized carbons (Fsp3) is 0.355. The Balaban J connectivity index is 2.03. The Morgan fingerprint density at radius 1 is 0.875 bits per heavy atom. The van der Waals surface area contributed by atoms with Crippen molar-refractivity contribution in [3.8, 4) is 0 Å². The summed E-state index contributed by atoms with van der Waals surface area (Å²) in [5.74, 6) is -0.799. The number of nitrogens with zero attached hydrogens (tertiary/aromatic N) is 2. The fourth-order valence-corrected chi connectivity index (χ4v) is 5.88. The summed E-state index contributed by atoms with van der Waals surface area (Å²) in [5.41, 5.74) is 2.75. The number of benzene rings is 3. The highest BCUT2D eigenvalue weighted by Gasteiger charge is 2.33. The van der Waals surface area contributed by atoms with Crippen LogP contribution in [0.15, 0.2) is 82.6 Å². The average Bonchev–Trinajstić information content (AvgIpc) is 2.90. The van der Waals surface area contributed by atoms with E-state index in [9.17, 15) is 18.0 Å². The van der Waals surface area contributed by atoms with Gasteiger partial charge < -0.3 is 10.2 Å². The third kappa shape index (κ3) is 8.11. The summed E-state index contributed by atoms with van der Waals surface area (Å²) in [6.45, 7) is 10.9. The lowest BCUT2D eigenvalue weighted by molar-refractivity contribution is -0.140. The van der Waals surface area contributed by atoms with Crippen LogP contribution in [0.3, 0.4) is 0 Å². The number of sulfonamides is 1. The van der Waals surface area contributed by atoms with Crippen molar-refractivity contribution in [3.05, 3.63) is 89.5 Å². The van der Waals surface area contributed by atoms with Gasteiger partial charge in [-0.05, 0) is 89.8 Å². The van der Waals surface area contributed by atoms with Crippen molar-refractivity contribution in [2.75, 3.05) is 17.1 Å². The molecule has 7 nitrogen and oxygen atoms in total. The van der Waals surface area contributed by atoms with Crippen LogP contribution in [0.4, 0.5) is 5.69 Å². The van der Waals surface area contributed by atoms with Crippen LogP contribution in [-0.2, 0) is 26.2 Å². The Bertz CT molecular complexity index is 1410. The molecular formula is C31H39N3O4S2. The van der Waals surface area contributed by atoms with Crippen LogP contribution >= 0.6 is 11.8 Å². The summed E-state index contributed by atoms with van der Waals surface area (Å²) in [5, 5.41) is 2.94. The van der Waals surface area contributed by atoms with Gasteiger partial charge >= 0.3 is 0 Å². The highest BCUT2D eigenvalue weighted by Crippen LogP contribution is 2.26. The number of rotatable bonds is 10. The smallest absolute Gasteiger partial charge is 0.264 e. The number of nitrogens with one attached hydrogen (secondary N) is 1. The zero-order chi connectivity index (χ0) is 29.7. The SMILES string of the molecule is CSc1ccc(S(=O)(=O)N(CC(=O)N(Cc2ccc(C)cc2)[C@@H](C)C(=O)NC(C)(C)C)c2ccc(C)cc2)cc1. The summed E-state index contributed by atoms with van der Waals surface area (Å²) in [6.07, 6.45) is 1.92. The number of carbonyl (C=O) groups is 2. The van der Waals surface area contributed by atoms with E-state index in [4.69, 9.17) is 0 Å². The molecule has 3 rings (SSSR count). The summed E-state index contributed by atoms with van der Waals surface area (Å²) in [7, 11) is -4.10. The lowest BCUT2D eigenvalue weighted by atomic mass is 10.1. The number of amides is 2. The fourth-order valence-electron chi connectivity index (χ4n) is 4.06. The van der Waals surface area contributed by atoms with Gasteiger partial charge in [0.15, 0.2) is 0 Å². The van der Waals surface area contributed by atoms with E-state index < -0.39 is 34.1 Å². The van der Waals surface area contributed by atoms with Gasteiger partial charge in [-0.1, -0.05) is 47.5 Å². The number of hydrogen-bond acceptors (Lipinski definition) is 5. The van der Waals surface area contributed by atoms with Crippen LogP contribution in [0.25, 0.3) is 0 Å². The number of carbonyl (C=O) groups excluding carboxylic acids is 2. The van der Waals surface area contributed by atoms with Crippen LogP contribution < -0.4 is 9.62 Å². The zero-order valence-electron chi connectivity index (χ0n) is 24.3. The van der Waals surface area contributed by atoms with Crippen molar-refractivity contribution < 1.29 is 18.0 Å². The molecule has 0 aliphatic carbocycles. The molecule has 3 aromatic carbocycles. The quantitative estimate of drug-likeness (QED) is 0.317. The molecule has 0 radical (unpaired) electrons. The first-order valence-electron chi connectivity index (χ1n) is 13.1. The molecule has 0 saturated carbocycles. The van der Waals surface area contributed by atoms with E-state index >= 15 is 0 Å². The molecule has 40 heavy (non-hydrogen) atoms. The summed E-state index contributed by atoms with van der Waals surface area (Å²) in [4.78, 5) is 29.6. The van der Waals surface area contributed by atoms with Gasteiger partial charge in [0.2, 0.25) is 11.8 Å². The van der Waals surface area contributed by atoms with Gasteiger partial charge in [0, 0.05) is 17.0 Å². The molecule has 0 bridgehead atoms. The van der Waals surface area contributed by atoms with Crippen LogP contribution in [-0.4, -0.2) is 49.5 Å². The maximum atomic E-state index is 14.0. The largest absolute Gasteiger partial charge is 0.350 e. The second-order valence-corrected chi connectivity index (χ2v) is 13.7. The van der Waals surface area contributed by atoms with E-state index in [0.29, 0.717) is 5.69 Å². The molecule has 0 spiro atoms. The number of hydrogen-bond donors (Lipinski definition) is 1. The van der Waals surface area contributed by atoms with Crippen LogP contribution in [0.1, 0.15) is 44.4 Å². The standard InChI is InChI=1S/C31H39N3O4S2/c1-22-8-12-25(13-9-22)20-33(24(3)30(36)32-31(4,5)6)29(35)21-34(26-14-10-23(2)11-15-26)40(37,38)28-18-16-27(39-7)17-19-28/h8-19,24H,20-21H2,1-7H3,(H,32,36)/t24-/m0/s1. The molecule has 9 heteroatoms. The van der Waals surface area contributed by atoms with Crippen LogP contribution in [0, 0.1) is 13.8 Å². The molecular weight excluding hydrogens is 542 g/mol. The van der Waals surface area contributed by atoms with Crippen molar-refractivity contribution in [3.63, 3.8) is 0 Å². The Hall–Kier alpha value is -3.30. The van der Waals surface area contributed by atoms with Crippen molar-refractivity contribution >= 4 is 39.3 Å². The highest BCUT2D eigenvalue weighted by molar-refractivity contribution is 7.98. The van der Waals surface area contributed by atoms with E-state index in [1.165, 1.54) is 16.7 Å². The van der Waals surface area contributed by atoms with E-state index in [1.807, 2.05) is 77.3 Å². The van der Waals surface area contributed by atoms with E-state index in [2.05, 4.69) is 5.32 Å². The second-order valence-electron chi connectivity index (χ2n) is 10.9. The Morgan fingerprint density at radius 3 is 1.90 bits per heavy atom. The predicted molar refractivity (Wildman–Crippen MR) is 163 cm³/mol. The summed E-state index contributed by atoms with van der Waals surface area (Å²) in [6, 6.07) is 20.5. The van der Waals surface area contributed by atoms with Crippen LogP contribution in [0.2, 0.25) is 0 Å². The number of anilines is 1. The lowest BCUT2D eigenvalue weighted by Gasteiger charge is -2.33. The van der Waals surface area contributed by atoms with E-state index in [1.54, 1.807) is 43.3 Å². The minimum Gasteiger partial charge on any atom is -0.350 e. The van der Waals surface area contributed by atoms with Gasteiger partial charge in [-0.2, -0.15) is 0 Å². The molecule has 214 valence electrons. The first-order chi connectivity index (χ1) is 18.7. The zero-order valence-corrected chi connectivity index (χ0v) is 25.9. The second kappa shape index (κ2) is 12.9. The molecule has 0 heterocycles. The van der Waals surface area contributed by atoms with Gasteiger partial charge in [-0.15, -0.1) is 11.8 Å². The third-order valence-corrected chi connectivity index (χ3v) is 8.92. The molecule has 0 aliphatic rings. The Kier molecular flexibility index (Phi) is 10.1. The molecule has 1 atom stereocenters. The Morgan fingerprint density at radius 2 is 1.40 bits per heavy atom. The molecule has 0 saturated heterocycles. The third-order valence-electron chi connectivity index (χ3n) is 6.39. The van der Waals surface area contributed by atoms with Crippen molar-refractivity contribution in [2.45, 2.75) is 69.5 Å². The minimum absolute atomic E-state index is 0.0854. The maximum absolute atomic E-state index is 14.0. The molecule has 1 N–H and O–H groups in total. The first-order valence-corrected chi connectivity index (χ1v) is 15.8. The molecule has 0 unspecified atom stereocenters. The topological polar surface area (TPSA) is 86.8 Å². The maximum Gasteiger partial charge on any atom is 0.264 e. The van der Waals surface area contributed by atoms with Crippen molar-refractivity contribution in [1.82, 2.24) is 10.2 Å². The average molecular weight is 582 g/mol. The Labute approximate surface area is 243 Å². The number of aryl methyl sites for hydroxylation is 2. The van der Waals surface area contributed by atoms with E-state index in [-0.39, 0.29) is 17.3 Å². The normalized spacial score (nSPS) is 12.5. The predicted octanol–water partition coefficient (Wildman–Crippen LogP) is 5.55. The summed E-state index contributed by atoms with van der Waals surface area (Å²) < 4.78 is 29.0. The van der Waals surface area contributed by atoms with Gasteiger partial charge in [-0.3, -0.25) is 13.9 Å². The molecule has 0 fully saturated rings. The minimum atomic E-state index is -4.10. The van der Waals surface area contributed by atoms with Gasteiger partial charge in [-0.25, -0.2) is 8.42 Å². The van der Waals surface area contributed by atoms with Gasteiger partial charge in [0.25, 0.3) is 10.0 Å². The number of thioether (sulfide) groups is 1. The monoisotopic (exact) mass is 581 g/mol. The molecule has 0 aliphatic heterocycles. The summed E-state index contributed by atoms with van der Waals surface area (Å²) >= 11 is 1.51. The van der Waals surface area contributed by atoms with E-state index in [0.717, 1.165) is 25.9 Å². The van der Waals surface area contributed by atoms with Crippen LogP contribution in [0.5, 0.6) is 0 Å². The van der Waals surface area contributed by atoms with Gasteiger partial charge in [0.05, 0.1) is 10.6 Å². The highest BCUT2D eigenvalue weighted by atomic mass is 32.2.